The van der Waals surface area contributed by atoms with Crippen molar-refractivity contribution in [1.29, 1.82) is 0 Å². The third-order valence-corrected chi connectivity index (χ3v) is 3.19. The summed E-state index contributed by atoms with van der Waals surface area (Å²) in [5, 5.41) is 3.14. The molecule has 0 aliphatic rings. The van der Waals surface area contributed by atoms with Crippen LogP contribution in [-0.2, 0) is 0 Å². The highest BCUT2D eigenvalue weighted by atomic mass is 16.2. The molecule has 5 heteroatoms. The van der Waals surface area contributed by atoms with E-state index in [4.69, 9.17) is 0 Å². The minimum atomic E-state index is -0.169. The molecule has 0 atom stereocenters. The topological polar surface area (TPSA) is 58.1 Å². The van der Waals surface area contributed by atoms with Crippen molar-refractivity contribution in [2.75, 3.05) is 23.8 Å². The number of benzene rings is 1. The highest BCUT2D eigenvalue weighted by Crippen LogP contribution is 2.19. The maximum absolute atomic E-state index is 12.5. The third kappa shape index (κ3) is 3.56. The molecular formula is C16H20N4O. The highest BCUT2D eigenvalue weighted by molar-refractivity contribution is 6.04. The summed E-state index contributed by atoms with van der Waals surface area (Å²) in [7, 11) is 1.75. The summed E-state index contributed by atoms with van der Waals surface area (Å²) in [6.45, 7) is 4.85. The first-order valence-electron chi connectivity index (χ1n) is 7.03. The monoisotopic (exact) mass is 284 g/mol. The fourth-order valence-electron chi connectivity index (χ4n) is 2.03. The molecule has 0 saturated heterocycles. The smallest absolute Gasteiger partial charge is 0.278 e. The second-order valence-electron chi connectivity index (χ2n) is 4.87. The number of anilines is 2. The molecule has 1 aromatic heterocycles. The van der Waals surface area contributed by atoms with Gasteiger partial charge in [-0.05, 0) is 25.0 Å². The van der Waals surface area contributed by atoms with Crippen molar-refractivity contribution in [3.63, 3.8) is 0 Å². The van der Waals surface area contributed by atoms with E-state index >= 15 is 0 Å². The maximum atomic E-state index is 12.5. The van der Waals surface area contributed by atoms with Gasteiger partial charge in [-0.1, -0.05) is 25.1 Å². The Labute approximate surface area is 125 Å². The molecule has 0 aliphatic carbocycles. The molecule has 1 aromatic carbocycles. The van der Waals surface area contributed by atoms with Crippen LogP contribution in [-0.4, -0.2) is 29.5 Å². The Morgan fingerprint density at radius 2 is 2.05 bits per heavy atom. The lowest BCUT2D eigenvalue weighted by molar-refractivity contribution is 0.0988. The van der Waals surface area contributed by atoms with Crippen LogP contribution in [0.5, 0.6) is 0 Å². The van der Waals surface area contributed by atoms with Gasteiger partial charge in [-0.15, -0.1) is 0 Å². The molecule has 0 fully saturated rings. The van der Waals surface area contributed by atoms with E-state index in [1.807, 2.05) is 31.2 Å². The molecule has 1 heterocycles. The van der Waals surface area contributed by atoms with E-state index in [9.17, 15) is 4.79 Å². The zero-order valence-electron chi connectivity index (χ0n) is 12.6. The number of amides is 1. The summed E-state index contributed by atoms with van der Waals surface area (Å²) < 4.78 is 0. The summed E-state index contributed by atoms with van der Waals surface area (Å²) in [5.74, 6) is 0.456. The van der Waals surface area contributed by atoms with E-state index in [2.05, 4.69) is 22.2 Å². The molecule has 0 aliphatic heterocycles. The first-order chi connectivity index (χ1) is 10.1. The zero-order chi connectivity index (χ0) is 15.2. The van der Waals surface area contributed by atoms with Crippen LogP contribution >= 0.6 is 0 Å². The van der Waals surface area contributed by atoms with Crippen LogP contribution in [0.2, 0.25) is 0 Å². The van der Waals surface area contributed by atoms with E-state index < -0.39 is 0 Å². The van der Waals surface area contributed by atoms with Gasteiger partial charge in [0.1, 0.15) is 11.5 Å². The quantitative estimate of drug-likeness (QED) is 0.917. The van der Waals surface area contributed by atoms with Crippen molar-refractivity contribution in [3.05, 3.63) is 47.9 Å². The molecule has 1 N–H and O–H groups in total. The Kier molecular flexibility index (Phi) is 4.87. The van der Waals surface area contributed by atoms with E-state index in [0.29, 0.717) is 11.5 Å². The van der Waals surface area contributed by atoms with Gasteiger partial charge in [0.2, 0.25) is 0 Å². The molecule has 2 aromatic rings. The Morgan fingerprint density at radius 1 is 1.29 bits per heavy atom. The molecule has 0 spiro atoms. The van der Waals surface area contributed by atoms with Crippen molar-refractivity contribution < 1.29 is 4.79 Å². The van der Waals surface area contributed by atoms with Crippen LogP contribution in [0.25, 0.3) is 0 Å². The molecule has 0 bridgehead atoms. The predicted octanol–water partition coefficient (Wildman–Crippen LogP) is 2.88. The van der Waals surface area contributed by atoms with Gasteiger partial charge in [0, 0.05) is 19.3 Å². The Balaban J connectivity index is 2.21. The second kappa shape index (κ2) is 6.83. The minimum absolute atomic E-state index is 0.169. The summed E-state index contributed by atoms with van der Waals surface area (Å²) in [4.78, 5) is 22.5. The molecule has 0 radical (unpaired) electrons. The van der Waals surface area contributed by atoms with E-state index in [0.717, 1.165) is 24.2 Å². The average molecular weight is 284 g/mol. The number of aryl methyl sites for hydroxylation is 1. The lowest BCUT2D eigenvalue weighted by Gasteiger charge is -2.19. The Hall–Kier alpha value is -2.43. The molecule has 5 nitrogen and oxygen atoms in total. The van der Waals surface area contributed by atoms with Crippen molar-refractivity contribution in [1.82, 2.24) is 9.97 Å². The van der Waals surface area contributed by atoms with Crippen LogP contribution in [0.3, 0.4) is 0 Å². The van der Waals surface area contributed by atoms with Crippen LogP contribution in [0, 0.1) is 6.92 Å². The first-order valence-corrected chi connectivity index (χ1v) is 7.03. The first kappa shape index (κ1) is 15.0. The molecule has 1 amide bonds. The van der Waals surface area contributed by atoms with Crippen molar-refractivity contribution in [3.8, 4) is 0 Å². The summed E-state index contributed by atoms with van der Waals surface area (Å²) in [6.07, 6.45) is 4.11. The third-order valence-electron chi connectivity index (χ3n) is 3.19. The standard InChI is InChI=1S/C16H20N4O/c1-4-9-18-15-11-17-10-13(19-15)16(21)20(3)14-8-6-5-7-12(14)2/h5-8,10-11H,4,9H2,1-3H3,(H,18,19). The number of rotatable bonds is 5. The van der Waals surface area contributed by atoms with E-state index in [1.165, 1.54) is 6.20 Å². The van der Waals surface area contributed by atoms with Gasteiger partial charge >= 0.3 is 0 Å². The Morgan fingerprint density at radius 3 is 2.76 bits per heavy atom. The lowest BCUT2D eigenvalue weighted by atomic mass is 10.2. The normalized spacial score (nSPS) is 10.2. The number of nitrogens with one attached hydrogen (secondary N) is 1. The number of hydrogen-bond acceptors (Lipinski definition) is 4. The summed E-state index contributed by atoms with van der Waals surface area (Å²) in [5.41, 5.74) is 2.25. The fraction of sp³-hybridized carbons (Fsp3) is 0.312. The zero-order valence-corrected chi connectivity index (χ0v) is 12.6. The van der Waals surface area contributed by atoms with Gasteiger partial charge in [0.25, 0.3) is 5.91 Å². The predicted molar refractivity (Wildman–Crippen MR) is 84.7 cm³/mol. The highest BCUT2D eigenvalue weighted by Gasteiger charge is 2.17. The van der Waals surface area contributed by atoms with Crippen LogP contribution in [0.4, 0.5) is 11.5 Å². The van der Waals surface area contributed by atoms with E-state index in [1.54, 1.807) is 18.1 Å². The molecular weight excluding hydrogens is 264 g/mol. The Bertz CT molecular complexity index is 627. The number of carbonyl (C=O) groups is 1. The van der Waals surface area contributed by atoms with Crippen LogP contribution < -0.4 is 10.2 Å². The van der Waals surface area contributed by atoms with Gasteiger partial charge in [-0.25, -0.2) is 4.98 Å². The maximum Gasteiger partial charge on any atom is 0.278 e. The number of para-hydroxylation sites is 1. The van der Waals surface area contributed by atoms with Crippen LogP contribution in [0.15, 0.2) is 36.7 Å². The van der Waals surface area contributed by atoms with Gasteiger partial charge in [0.05, 0.1) is 12.4 Å². The number of carbonyl (C=O) groups excluding carboxylic acids is 1. The second-order valence-corrected chi connectivity index (χ2v) is 4.87. The summed E-state index contributed by atoms with van der Waals surface area (Å²) >= 11 is 0. The average Bonchev–Trinajstić information content (AvgIpc) is 2.52. The van der Waals surface area contributed by atoms with Crippen molar-refractivity contribution >= 4 is 17.4 Å². The number of hydrogen-bond donors (Lipinski definition) is 1. The largest absolute Gasteiger partial charge is 0.369 e. The van der Waals surface area contributed by atoms with Crippen molar-refractivity contribution in [2.24, 2.45) is 0 Å². The van der Waals surface area contributed by atoms with Crippen molar-refractivity contribution in [2.45, 2.75) is 20.3 Å². The minimum Gasteiger partial charge on any atom is -0.369 e. The number of nitrogens with zero attached hydrogens (tertiary/aromatic N) is 3. The number of aromatic nitrogens is 2. The van der Waals surface area contributed by atoms with Gasteiger partial charge in [-0.3, -0.25) is 9.78 Å². The molecule has 0 saturated carbocycles. The van der Waals surface area contributed by atoms with E-state index in [-0.39, 0.29) is 5.91 Å². The van der Waals surface area contributed by atoms with Gasteiger partial charge in [-0.2, -0.15) is 0 Å². The summed E-state index contributed by atoms with van der Waals surface area (Å²) in [6, 6.07) is 7.76. The molecule has 2 rings (SSSR count). The fourth-order valence-corrected chi connectivity index (χ4v) is 2.03. The van der Waals surface area contributed by atoms with Gasteiger partial charge < -0.3 is 10.2 Å². The lowest BCUT2D eigenvalue weighted by Crippen LogP contribution is -2.28. The SMILES string of the molecule is CCCNc1cncc(C(=O)N(C)c2ccccc2C)n1. The molecule has 0 unspecified atom stereocenters. The van der Waals surface area contributed by atoms with Gasteiger partial charge in [0.15, 0.2) is 0 Å². The van der Waals surface area contributed by atoms with Crippen LogP contribution in [0.1, 0.15) is 29.4 Å². The molecule has 21 heavy (non-hydrogen) atoms. The molecule has 110 valence electrons.